The first kappa shape index (κ1) is 19.0. The highest BCUT2D eigenvalue weighted by molar-refractivity contribution is 6.32. The predicted molar refractivity (Wildman–Crippen MR) is 95.8 cm³/mol. The molecule has 3 nitrogen and oxygen atoms in total. The number of hydrogen-bond acceptors (Lipinski definition) is 3. The van der Waals surface area contributed by atoms with Crippen LogP contribution in [0.4, 0.5) is 4.39 Å². The lowest BCUT2D eigenvalue weighted by atomic mass is 9.98. The molecule has 1 saturated heterocycles. The Morgan fingerprint density at radius 2 is 2.08 bits per heavy atom. The molecule has 0 bridgehead atoms. The van der Waals surface area contributed by atoms with Crippen molar-refractivity contribution in [3.05, 3.63) is 64.4 Å². The quantitative estimate of drug-likeness (QED) is 0.867. The van der Waals surface area contributed by atoms with E-state index in [0.29, 0.717) is 23.9 Å². The number of ether oxygens (including phenoxy) is 2. The number of nitrogens with one attached hydrogen (secondary N) is 1. The van der Waals surface area contributed by atoms with Crippen LogP contribution in [0.1, 0.15) is 17.2 Å². The summed E-state index contributed by atoms with van der Waals surface area (Å²) < 4.78 is 25.5. The van der Waals surface area contributed by atoms with Crippen LogP contribution in [-0.4, -0.2) is 25.8 Å². The van der Waals surface area contributed by atoms with Crippen molar-refractivity contribution in [3.8, 4) is 5.75 Å². The lowest BCUT2D eigenvalue weighted by molar-refractivity contribution is -0.0434. The molecular formula is C18H20Cl2FNO2. The van der Waals surface area contributed by atoms with E-state index in [9.17, 15) is 4.39 Å². The monoisotopic (exact) mass is 371 g/mol. The van der Waals surface area contributed by atoms with Gasteiger partial charge in [-0.2, -0.15) is 0 Å². The van der Waals surface area contributed by atoms with E-state index < -0.39 is 0 Å². The van der Waals surface area contributed by atoms with Gasteiger partial charge in [-0.3, -0.25) is 0 Å². The zero-order valence-corrected chi connectivity index (χ0v) is 14.9. The van der Waals surface area contributed by atoms with Gasteiger partial charge in [-0.25, -0.2) is 4.39 Å². The summed E-state index contributed by atoms with van der Waals surface area (Å²) in [6, 6.07) is 12.1. The normalized spacial score (nSPS) is 18.5. The average molecular weight is 372 g/mol. The molecule has 1 unspecified atom stereocenters. The van der Waals surface area contributed by atoms with Crippen LogP contribution in [-0.2, 0) is 4.74 Å². The lowest BCUT2D eigenvalue weighted by Gasteiger charge is -2.32. The minimum absolute atomic E-state index is 0. The molecule has 0 saturated carbocycles. The van der Waals surface area contributed by atoms with Crippen LogP contribution in [0.5, 0.6) is 5.75 Å². The van der Waals surface area contributed by atoms with E-state index in [1.54, 1.807) is 0 Å². The Morgan fingerprint density at radius 1 is 1.29 bits per heavy atom. The van der Waals surface area contributed by atoms with Crippen molar-refractivity contribution in [3.63, 3.8) is 0 Å². The van der Waals surface area contributed by atoms with E-state index in [1.165, 1.54) is 18.2 Å². The van der Waals surface area contributed by atoms with E-state index in [0.717, 1.165) is 17.7 Å². The van der Waals surface area contributed by atoms with Gasteiger partial charge in [-0.05, 0) is 30.2 Å². The summed E-state index contributed by atoms with van der Waals surface area (Å²) in [4.78, 5) is 0. The van der Waals surface area contributed by atoms with Crippen LogP contribution in [0.2, 0.25) is 5.02 Å². The molecule has 1 fully saturated rings. The molecule has 0 spiro atoms. The van der Waals surface area contributed by atoms with Crippen molar-refractivity contribution in [1.29, 1.82) is 0 Å². The van der Waals surface area contributed by atoms with Crippen LogP contribution in [0.25, 0.3) is 0 Å². The molecule has 1 aliphatic heterocycles. The maximum Gasteiger partial charge on any atom is 0.151 e. The molecule has 130 valence electrons. The van der Waals surface area contributed by atoms with Crippen LogP contribution in [0.3, 0.4) is 0 Å². The smallest absolute Gasteiger partial charge is 0.151 e. The molecule has 6 heteroatoms. The zero-order valence-electron chi connectivity index (χ0n) is 13.3. The second-order valence-corrected chi connectivity index (χ2v) is 5.99. The van der Waals surface area contributed by atoms with Gasteiger partial charge in [0.2, 0.25) is 0 Å². The summed E-state index contributed by atoms with van der Waals surface area (Å²) in [5.41, 5.74) is 2.11. The van der Waals surface area contributed by atoms with Gasteiger partial charge in [0.15, 0.2) is 6.10 Å². The number of benzene rings is 2. The number of aryl methyl sites for hydroxylation is 1. The summed E-state index contributed by atoms with van der Waals surface area (Å²) in [6.45, 7) is 4.13. The third-order valence-electron chi connectivity index (χ3n) is 3.94. The second-order valence-electron chi connectivity index (χ2n) is 5.58. The molecule has 0 aromatic heterocycles. The fraction of sp³-hybridized carbons (Fsp3) is 0.333. The third-order valence-corrected chi connectivity index (χ3v) is 4.25. The minimum Gasteiger partial charge on any atom is -0.481 e. The summed E-state index contributed by atoms with van der Waals surface area (Å²) >= 11 is 6.16. The van der Waals surface area contributed by atoms with Crippen LogP contribution < -0.4 is 10.1 Å². The van der Waals surface area contributed by atoms with Crippen molar-refractivity contribution in [1.82, 2.24) is 5.32 Å². The maximum absolute atomic E-state index is 13.5. The van der Waals surface area contributed by atoms with Gasteiger partial charge in [0, 0.05) is 19.2 Å². The first-order valence-electron chi connectivity index (χ1n) is 7.64. The summed E-state index contributed by atoms with van der Waals surface area (Å²) in [5, 5.41) is 3.69. The Kier molecular flexibility index (Phi) is 6.87. The summed E-state index contributed by atoms with van der Waals surface area (Å²) in [7, 11) is 0. The number of morpholine rings is 1. The van der Waals surface area contributed by atoms with Gasteiger partial charge in [0.25, 0.3) is 0 Å². The van der Waals surface area contributed by atoms with Gasteiger partial charge in [-0.15, -0.1) is 12.4 Å². The first-order chi connectivity index (χ1) is 11.1. The molecular weight excluding hydrogens is 352 g/mol. The Labute approximate surface area is 152 Å². The van der Waals surface area contributed by atoms with Crippen LogP contribution >= 0.6 is 24.0 Å². The highest BCUT2D eigenvalue weighted by atomic mass is 35.5. The zero-order chi connectivity index (χ0) is 16.2. The Morgan fingerprint density at radius 3 is 2.79 bits per heavy atom. The highest BCUT2D eigenvalue weighted by Gasteiger charge is 2.29. The number of hydrogen-bond donors (Lipinski definition) is 1. The second kappa shape index (κ2) is 8.67. The fourth-order valence-electron chi connectivity index (χ4n) is 2.73. The van der Waals surface area contributed by atoms with E-state index in [1.807, 2.05) is 31.2 Å². The molecule has 1 heterocycles. The largest absolute Gasteiger partial charge is 0.481 e. The standard InChI is InChI=1S/C18H19ClFNO2.ClH/c1-12-4-2-3-5-14(12)18(17-11-21-8-9-22-17)23-16-10-13(20)6-7-15(16)19;/h2-7,10,17-18,21H,8-9,11H2,1H3;1H/t17-,18?;/m0./s1. The van der Waals surface area contributed by atoms with E-state index >= 15 is 0 Å². The Balaban J connectivity index is 0.00000208. The van der Waals surface area contributed by atoms with Crippen molar-refractivity contribution < 1.29 is 13.9 Å². The van der Waals surface area contributed by atoms with Gasteiger partial charge in [-0.1, -0.05) is 35.9 Å². The van der Waals surface area contributed by atoms with E-state index in [2.05, 4.69) is 5.32 Å². The van der Waals surface area contributed by atoms with E-state index in [-0.39, 0.29) is 30.4 Å². The lowest BCUT2D eigenvalue weighted by Crippen LogP contribution is -2.43. The van der Waals surface area contributed by atoms with Gasteiger partial charge < -0.3 is 14.8 Å². The summed E-state index contributed by atoms with van der Waals surface area (Å²) in [6.07, 6.45) is -0.521. The SMILES string of the molecule is Cc1ccccc1C(Oc1cc(F)ccc1Cl)[C@@H]1CNCCO1.Cl. The first-order valence-corrected chi connectivity index (χ1v) is 8.02. The van der Waals surface area contributed by atoms with Crippen molar-refractivity contribution in [2.24, 2.45) is 0 Å². The van der Waals surface area contributed by atoms with Crippen LogP contribution in [0.15, 0.2) is 42.5 Å². The number of rotatable bonds is 4. The predicted octanol–water partition coefficient (Wildman–Crippen LogP) is 4.32. The fourth-order valence-corrected chi connectivity index (χ4v) is 2.89. The molecule has 1 N–H and O–H groups in total. The molecule has 2 aromatic carbocycles. The van der Waals surface area contributed by atoms with Gasteiger partial charge >= 0.3 is 0 Å². The maximum atomic E-state index is 13.5. The third kappa shape index (κ3) is 4.39. The topological polar surface area (TPSA) is 30.5 Å². The van der Waals surface area contributed by atoms with Crippen molar-refractivity contribution in [2.75, 3.05) is 19.7 Å². The van der Waals surface area contributed by atoms with E-state index in [4.69, 9.17) is 21.1 Å². The molecule has 0 amide bonds. The van der Waals surface area contributed by atoms with Gasteiger partial charge in [0.1, 0.15) is 17.7 Å². The molecule has 24 heavy (non-hydrogen) atoms. The molecule has 1 aliphatic rings. The average Bonchev–Trinajstić information content (AvgIpc) is 2.57. The Bertz CT molecular complexity index is 678. The molecule has 2 aromatic rings. The highest BCUT2D eigenvalue weighted by Crippen LogP contribution is 2.33. The molecule has 0 radical (unpaired) electrons. The molecule has 0 aliphatic carbocycles. The summed E-state index contributed by atoms with van der Waals surface area (Å²) in [5.74, 6) is -0.0512. The van der Waals surface area contributed by atoms with Crippen molar-refractivity contribution in [2.45, 2.75) is 19.1 Å². The Hall–Kier alpha value is -1.33. The van der Waals surface area contributed by atoms with Crippen LogP contribution in [0, 0.1) is 12.7 Å². The molecule has 2 atom stereocenters. The van der Waals surface area contributed by atoms with Crippen molar-refractivity contribution >= 4 is 24.0 Å². The number of halogens is 3. The van der Waals surface area contributed by atoms with Gasteiger partial charge in [0.05, 0.1) is 11.6 Å². The minimum atomic E-state index is -0.379. The molecule has 3 rings (SSSR count).